The number of amides is 2. The van der Waals surface area contributed by atoms with Gasteiger partial charge in [-0.3, -0.25) is 14.5 Å². The minimum Gasteiger partial charge on any atom is -0.366 e. The zero-order chi connectivity index (χ0) is 20.2. The number of rotatable bonds is 6. The lowest BCUT2D eigenvalue weighted by molar-refractivity contribution is -0.116. The lowest BCUT2D eigenvalue weighted by Crippen LogP contribution is -2.34. The molecule has 5 heteroatoms. The highest BCUT2D eigenvalue weighted by atomic mass is 16.2. The number of fused-ring (bicyclic) bond motifs is 2. The molecular weight excluding hydrogens is 362 g/mol. The first kappa shape index (κ1) is 19.4. The second kappa shape index (κ2) is 8.62. The Bertz CT molecular complexity index is 964. The molecule has 0 aromatic heterocycles. The fourth-order valence-electron chi connectivity index (χ4n) is 4.44. The summed E-state index contributed by atoms with van der Waals surface area (Å²) in [6.45, 7) is 2.96. The monoisotopic (exact) mass is 389 g/mol. The van der Waals surface area contributed by atoms with E-state index in [2.05, 4.69) is 34.5 Å². The Labute approximate surface area is 171 Å². The van der Waals surface area contributed by atoms with Gasteiger partial charge in [-0.2, -0.15) is 0 Å². The van der Waals surface area contributed by atoms with E-state index in [9.17, 15) is 9.59 Å². The van der Waals surface area contributed by atoms with Crippen LogP contribution in [0.1, 0.15) is 47.2 Å². The van der Waals surface area contributed by atoms with Crippen molar-refractivity contribution in [3.63, 3.8) is 0 Å². The van der Waals surface area contributed by atoms with E-state index < -0.39 is 5.91 Å². The minimum atomic E-state index is -0.535. The van der Waals surface area contributed by atoms with E-state index in [0.717, 1.165) is 45.3 Å². The largest absolute Gasteiger partial charge is 0.366 e. The Morgan fingerprint density at radius 2 is 1.79 bits per heavy atom. The Kier molecular flexibility index (Phi) is 5.76. The van der Waals surface area contributed by atoms with Gasteiger partial charge < -0.3 is 11.1 Å². The topological polar surface area (TPSA) is 75.4 Å². The van der Waals surface area contributed by atoms with Crippen molar-refractivity contribution in [3.05, 3.63) is 70.8 Å². The first-order valence-corrected chi connectivity index (χ1v) is 10.3. The smallest absolute Gasteiger partial charge is 0.250 e. The van der Waals surface area contributed by atoms with E-state index in [-0.39, 0.29) is 5.91 Å². The van der Waals surface area contributed by atoms with E-state index in [0.29, 0.717) is 17.7 Å². The molecule has 0 spiro atoms. The van der Waals surface area contributed by atoms with Crippen molar-refractivity contribution in [2.24, 2.45) is 5.73 Å². The lowest BCUT2D eigenvalue weighted by Gasteiger charge is -2.34. The number of nitrogens with zero attached hydrogens (tertiary/aromatic N) is 1. The first-order chi connectivity index (χ1) is 14.1. The summed E-state index contributed by atoms with van der Waals surface area (Å²) in [5.41, 5.74) is 12.2. The zero-order valence-corrected chi connectivity index (χ0v) is 16.6. The normalized spacial score (nSPS) is 16.1. The fourth-order valence-corrected chi connectivity index (χ4v) is 4.44. The second-order valence-electron chi connectivity index (χ2n) is 7.83. The van der Waals surface area contributed by atoms with Gasteiger partial charge >= 0.3 is 0 Å². The molecule has 1 aliphatic carbocycles. The molecule has 5 nitrogen and oxygen atoms in total. The number of hydrogen-bond donors (Lipinski definition) is 2. The summed E-state index contributed by atoms with van der Waals surface area (Å²) in [7, 11) is 0. The van der Waals surface area contributed by atoms with E-state index in [4.69, 9.17) is 5.73 Å². The van der Waals surface area contributed by atoms with Gasteiger partial charge in [-0.1, -0.05) is 42.0 Å². The van der Waals surface area contributed by atoms with Crippen LogP contribution in [-0.2, 0) is 11.2 Å². The van der Waals surface area contributed by atoms with Gasteiger partial charge in [-0.25, -0.2) is 0 Å². The zero-order valence-electron chi connectivity index (χ0n) is 16.6. The summed E-state index contributed by atoms with van der Waals surface area (Å²) in [6.07, 6.45) is 4.59. The quantitative estimate of drug-likeness (QED) is 0.792. The van der Waals surface area contributed by atoms with Gasteiger partial charge in [-0.05, 0) is 61.1 Å². The minimum absolute atomic E-state index is 0.0813. The summed E-state index contributed by atoms with van der Waals surface area (Å²) in [5, 5.41) is 2.82. The molecule has 1 aliphatic heterocycles. The van der Waals surface area contributed by atoms with Gasteiger partial charge in [-0.15, -0.1) is 0 Å². The third kappa shape index (κ3) is 4.40. The van der Waals surface area contributed by atoms with Crippen LogP contribution in [0.4, 0.5) is 5.69 Å². The number of benzene rings is 2. The number of nitrogens with two attached hydrogens (primary N) is 1. The van der Waals surface area contributed by atoms with Gasteiger partial charge in [0.1, 0.15) is 0 Å². The van der Waals surface area contributed by atoms with Crippen LogP contribution in [0.25, 0.3) is 5.57 Å². The fraction of sp³-hybridized carbons (Fsp3) is 0.333. The van der Waals surface area contributed by atoms with Crippen molar-refractivity contribution < 1.29 is 9.59 Å². The maximum atomic E-state index is 12.3. The first-order valence-electron chi connectivity index (χ1n) is 10.3. The summed E-state index contributed by atoms with van der Waals surface area (Å²) in [4.78, 5) is 26.2. The third-order valence-corrected chi connectivity index (χ3v) is 5.90. The average Bonchev–Trinajstić information content (AvgIpc) is 2.73. The van der Waals surface area contributed by atoms with Crippen molar-refractivity contribution in [1.29, 1.82) is 0 Å². The maximum Gasteiger partial charge on any atom is 0.250 e. The van der Waals surface area contributed by atoms with Crippen LogP contribution in [0.5, 0.6) is 0 Å². The molecule has 2 aromatic rings. The van der Waals surface area contributed by atoms with Crippen LogP contribution < -0.4 is 11.1 Å². The molecule has 2 aromatic carbocycles. The molecule has 0 unspecified atom stereocenters. The summed E-state index contributed by atoms with van der Waals surface area (Å²) in [5.74, 6) is -0.616. The SMILES string of the molecule is NC(=O)c1ccccc1NC(=O)CCCN1CCC2=C(CCc3ccccc32)C1. The van der Waals surface area contributed by atoms with Crippen LogP contribution in [0.15, 0.2) is 54.1 Å². The summed E-state index contributed by atoms with van der Waals surface area (Å²) >= 11 is 0. The molecule has 29 heavy (non-hydrogen) atoms. The van der Waals surface area contributed by atoms with Crippen LogP contribution in [0, 0.1) is 0 Å². The molecule has 0 fully saturated rings. The van der Waals surface area contributed by atoms with Gasteiger partial charge in [0, 0.05) is 19.5 Å². The Morgan fingerprint density at radius 3 is 2.66 bits per heavy atom. The molecular formula is C24H27N3O2. The highest BCUT2D eigenvalue weighted by Crippen LogP contribution is 2.36. The Balaban J connectivity index is 1.29. The molecule has 0 radical (unpaired) electrons. The number of aryl methyl sites for hydroxylation is 1. The number of hydrogen-bond acceptors (Lipinski definition) is 3. The van der Waals surface area contributed by atoms with Crippen molar-refractivity contribution in [3.8, 4) is 0 Å². The molecule has 4 rings (SSSR count). The highest BCUT2D eigenvalue weighted by molar-refractivity contribution is 6.02. The number of para-hydroxylation sites is 1. The lowest BCUT2D eigenvalue weighted by atomic mass is 9.82. The molecule has 3 N–H and O–H groups in total. The Morgan fingerprint density at radius 1 is 1.00 bits per heavy atom. The van der Waals surface area contributed by atoms with Gasteiger partial charge in [0.15, 0.2) is 0 Å². The third-order valence-electron chi connectivity index (χ3n) is 5.90. The van der Waals surface area contributed by atoms with Crippen LogP contribution in [-0.4, -0.2) is 36.3 Å². The highest BCUT2D eigenvalue weighted by Gasteiger charge is 2.24. The van der Waals surface area contributed by atoms with Gasteiger partial charge in [0.05, 0.1) is 11.3 Å². The predicted octanol–water partition coefficient (Wildman–Crippen LogP) is 3.61. The van der Waals surface area contributed by atoms with Gasteiger partial charge in [0.25, 0.3) is 5.91 Å². The predicted molar refractivity (Wildman–Crippen MR) is 116 cm³/mol. The van der Waals surface area contributed by atoms with Crippen molar-refractivity contribution >= 4 is 23.1 Å². The van der Waals surface area contributed by atoms with Crippen molar-refractivity contribution in [2.45, 2.75) is 32.1 Å². The number of carbonyl (C=O) groups is 2. The molecule has 0 atom stereocenters. The van der Waals surface area contributed by atoms with Gasteiger partial charge in [0.2, 0.25) is 5.91 Å². The number of primary amides is 1. The average molecular weight is 389 g/mol. The standard InChI is InChI=1S/C24H27N3O2/c25-24(29)21-8-3-4-9-22(21)26-23(28)10-5-14-27-15-13-20-18(16-27)12-11-17-6-1-2-7-19(17)20/h1-4,6-9H,5,10-16H2,(H2,25,29)(H,26,28). The molecule has 0 saturated heterocycles. The molecule has 0 bridgehead atoms. The maximum absolute atomic E-state index is 12.3. The summed E-state index contributed by atoms with van der Waals surface area (Å²) < 4.78 is 0. The molecule has 150 valence electrons. The van der Waals surface area contributed by atoms with E-state index >= 15 is 0 Å². The molecule has 1 heterocycles. The van der Waals surface area contributed by atoms with Crippen molar-refractivity contribution in [2.75, 3.05) is 25.0 Å². The number of carbonyl (C=O) groups excluding carboxylic acids is 2. The van der Waals surface area contributed by atoms with E-state index in [1.54, 1.807) is 35.4 Å². The summed E-state index contributed by atoms with van der Waals surface area (Å²) in [6, 6.07) is 15.6. The second-order valence-corrected chi connectivity index (χ2v) is 7.83. The molecule has 0 saturated carbocycles. The van der Waals surface area contributed by atoms with Crippen LogP contribution >= 0.6 is 0 Å². The van der Waals surface area contributed by atoms with Crippen molar-refractivity contribution in [1.82, 2.24) is 4.90 Å². The van der Waals surface area contributed by atoms with Crippen LogP contribution in [0.2, 0.25) is 0 Å². The number of anilines is 1. The molecule has 2 aliphatic rings. The Hall–Kier alpha value is -2.92. The van der Waals surface area contributed by atoms with Crippen LogP contribution in [0.3, 0.4) is 0 Å². The van der Waals surface area contributed by atoms with E-state index in [1.807, 2.05) is 0 Å². The van der Waals surface area contributed by atoms with E-state index in [1.165, 1.54) is 11.1 Å². The molecule has 2 amide bonds. The number of nitrogens with one attached hydrogen (secondary N) is 1.